The summed E-state index contributed by atoms with van der Waals surface area (Å²) in [6.07, 6.45) is 2.03. The fourth-order valence-electron chi connectivity index (χ4n) is 4.22. The van der Waals surface area contributed by atoms with Crippen molar-refractivity contribution in [2.45, 2.75) is 25.8 Å². The summed E-state index contributed by atoms with van der Waals surface area (Å²) in [6, 6.07) is 17.3. The average Bonchev–Trinajstić information content (AvgIpc) is 3.25. The molecular formula is C23H29N3O. The van der Waals surface area contributed by atoms with Crippen LogP contribution in [0.3, 0.4) is 0 Å². The maximum atomic E-state index is 13.2. The third kappa shape index (κ3) is 4.23. The number of carbonyl (C=O) groups excluding carboxylic acids is 1. The van der Waals surface area contributed by atoms with Crippen LogP contribution in [0.1, 0.15) is 33.5 Å². The number of aryl methyl sites for hydroxylation is 1. The van der Waals surface area contributed by atoms with E-state index < -0.39 is 0 Å². The second-order valence-electron chi connectivity index (χ2n) is 7.79. The smallest absolute Gasteiger partial charge is 0.254 e. The van der Waals surface area contributed by atoms with Gasteiger partial charge in [0, 0.05) is 44.3 Å². The lowest BCUT2D eigenvalue weighted by atomic mass is 9.98. The molecule has 4 heteroatoms. The number of piperazine rings is 1. The van der Waals surface area contributed by atoms with Crippen LogP contribution in [-0.4, -0.2) is 61.0 Å². The van der Waals surface area contributed by atoms with Crippen LogP contribution in [0.25, 0.3) is 0 Å². The summed E-state index contributed by atoms with van der Waals surface area (Å²) in [5, 5.41) is 3.44. The van der Waals surface area contributed by atoms with Gasteiger partial charge in [-0.2, -0.15) is 0 Å². The molecule has 4 rings (SSSR count). The molecule has 0 radical (unpaired) electrons. The number of benzene rings is 2. The van der Waals surface area contributed by atoms with Crippen LogP contribution in [0.5, 0.6) is 0 Å². The van der Waals surface area contributed by atoms with Crippen molar-refractivity contribution in [2.24, 2.45) is 0 Å². The van der Waals surface area contributed by atoms with Gasteiger partial charge in [-0.05, 0) is 43.5 Å². The van der Waals surface area contributed by atoms with Gasteiger partial charge in [-0.3, -0.25) is 9.69 Å². The Hall–Kier alpha value is -2.17. The number of nitrogens with zero attached hydrogens (tertiary/aromatic N) is 2. The predicted molar refractivity (Wildman–Crippen MR) is 109 cm³/mol. The van der Waals surface area contributed by atoms with E-state index in [1.165, 1.54) is 17.5 Å². The van der Waals surface area contributed by atoms with Gasteiger partial charge < -0.3 is 10.2 Å². The van der Waals surface area contributed by atoms with Crippen LogP contribution >= 0.6 is 0 Å². The molecule has 4 nitrogen and oxygen atoms in total. The maximum Gasteiger partial charge on any atom is 0.254 e. The van der Waals surface area contributed by atoms with Crippen LogP contribution in [0.15, 0.2) is 48.5 Å². The lowest BCUT2D eigenvalue weighted by Crippen LogP contribution is -2.52. The first kappa shape index (κ1) is 18.2. The van der Waals surface area contributed by atoms with E-state index in [-0.39, 0.29) is 5.91 Å². The molecule has 0 unspecified atom stereocenters. The Labute approximate surface area is 162 Å². The van der Waals surface area contributed by atoms with Crippen molar-refractivity contribution in [1.29, 1.82) is 0 Å². The lowest BCUT2D eigenvalue weighted by molar-refractivity contribution is 0.0583. The highest BCUT2D eigenvalue weighted by atomic mass is 16.2. The molecule has 2 aromatic carbocycles. The van der Waals surface area contributed by atoms with Gasteiger partial charge in [0.25, 0.3) is 5.91 Å². The van der Waals surface area contributed by atoms with Crippen molar-refractivity contribution >= 4 is 5.91 Å². The Morgan fingerprint density at radius 1 is 1.04 bits per heavy atom. The molecule has 0 bridgehead atoms. The van der Waals surface area contributed by atoms with Crippen LogP contribution in [0.4, 0.5) is 0 Å². The molecule has 142 valence electrons. The first-order valence-electron chi connectivity index (χ1n) is 10.1. The minimum absolute atomic E-state index is 0.182. The van der Waals surface area contributed by atoms with E-state index in [4.69, 9.17) is 0 Å². The van der Waals surface area contributed by atoms with Gasteiger partial charge in [-0.15, -0.1) is 0 Å². The topological polar surface area (TPSA) is 35.6 Å². The number of amides is 1. The van der Waals surface area contributed by atoms with Gasteiger partial charge in [0.1, 0.15) is 0 Å². The van der Waals surface area contributed by atoms with Crippen molar-refractivity contribution < 1.29 is 4.79 Å². The van der Waals surface area contributed by atoms with E-state index in [9.17, 15) is 4.79 Å². The van der Waals surface area contributed by atoms with Gasteiger partial charge in [-0.25, -0.2) is 0 Å². The Morgan fingerprint density at radius 2 is 1.78 bits per heavy atom. The minimum Gasteiger partial charge on any atom is -0.336 e. The van der Waals surface area contributed by atoms with Gasteiger partial charge in [0.2, 0.25) is 0 Å². The third-order valence-corrected chi connectivity index (χ3v) is 5.92. The van der Waals surface area contributed by atoms with Gasteiger partial charge in [0.05, 0.1) is 0 Å². The summed E-state index contributed by atoms with van der Waals surface area (Å²) >= 11 is 0. The summed E-state index contributed by atoms with van der Waals surface area (Å²) in [5.74, 6) is 0.182. The molecule has 1 amide bonds. The standard InChI is InChI=1S/C23H29N3O/c1-18-6-8-19(9-7-18)16-20-4-2-3-5-22(20)23(27)26-14-12-25(13-15-26)21-10-11-24-17-21/h2-9,21,24H,10-17H2,1H3/t21-/m1/s1. The minimum atomic E-state index is 0.182. The monoisotopic (exact) mass is 363 g/mol. The molecule has 1 N–H and O–H groups in total. The zero-order valence-corrected chi connectivity index (χ0v) is 16.2. The van der Waals surface area contributed by atoms with Crippen molar-refractivity contribution in [1.82, 2.24) is 15.1 Å². The molecular weight excluding hydrogens is 334 g/mol. The summed E-state index contributed by atoms with van der Waals surface area (Å²) in [6.45, 7) is 7.94. The predicted octanol–water partition coefficient (Wildman–Crippen LogP) is 2.71. The highest BCUT2D eigenvalue weighted by Gasteiger charge is 2.28. The summed E-state index contributed by atoms with van der Waals surface area (Å²) in [4.78, 5) is 17.8. The molecule has 0 saturated carbocycles. The molecule has 0 aliphatic carbocycles. The fourth-order valence-corrected chi connectivity index (χ4v) is 4.22. The molecule has 1 atom stereocenters. The molecule has 2 saturated heterocycles. The Kier molecular flexibility index (Phi) is 5.55. The highest BCUT2D eigenvalue weighted by molar-refractivity contribution is 5.95. The summed E-state index contributed by atoms with van der Waals surface area (Å²) in [5.41, 5.74) is 4.49. The number of rotatable bonds is 4. The summed E-state index contributed by atoms with van der Waals surface area (Å²) < 4.78 is 0. The van der Waals surface area contributed by atoms with Crippen LogP contribution in [0.2, 0.25) is 0 Å². The number of carbonyl (C=O) groups is 1. The van der Waals surface area contributed by atoms with Crippen molar-refractivity contribution in [3.63, 3.8) is 0 Å². The Bertz CT molecular complexity index is 772. The van der Waals surface area contributed by atoms with E-state index in [1.54, 1.807) is 0 Å². The summed E-state index contributed by atoms with van der Waals surface area (Å²) in [7, 11) is 0. The fraction of sp³-hybridized carbons (Fsp3) is 0.435. The maximum absolute atomic E-state index is 13.2. The molecule has 2 aliphatic heterocycles. The van der Waals surface area contributed by atoms with Crippen LogP contribution < -0.4 is 5.32 Å². The van der Waals surface area contributed by atoms with Crippen molar-refractivity contribution in [2.75, 3.05) is 39.3 Å². The van der Waals surface area contributed by atoms with E-state index in [0.717, 1.165) is 56.8 Å². The average molecular weight is 364 g/mol. The normalized spacial score (nSPS) is 20.8. The van der Waals surface area contributed by atoms with Gasteiger partial charge in [-0.1, -0.05) is 48.0 Å². The SMILES string of the molecule is Cc1ccc(Cc2ccccc2C(=O)N2CCN([C@@H]3CCNC3)CC2)cc1. The number of hydrogen-bond acceptors (Lipinski definition) is 3. The first-order chi connectivity index (χ1) is 13.2. The number of nitrogens with one attached hydrogen (secondary N) is 1. The second-order valence-corrected chi connectivity index (χ2v) is 7.79. The largest absolute Gasteiger partial charge is 0.336 e. The van der Waals surface area contributed by atoms with Crippen LogP contribution in [-0.2, 0) is 6.42 Å². The van der Waals surface area contributed by atoms with E-state index in [2.05, 4.69) is 47.5 Å². The van der Waals surface area contributed by atoms with E-state index >= 15 is 0 Å². The molecule has 2 fully saturated rings. The van der Waals surface area contributed by atoms with E-state index in [1.807, 2.05) is 23.1 Å². The Morgan fingerprint density at radius 3 is 2.48 bits per heavy atom. The van der Waals surface area contributed by atoms with Gasteiger partial charge in [0.15, 0.2) is 0 Å². The third-order valence-electron chi connectivity index (χ3n) is 5.92. The van der Waals surface area contributed by atoms with Crippen LogP contribution in [0, 0.1) is 6.92 Å². The number of hydrogen-bond donors (Lipinski definition) is 1. The van der Waals surface area contributed by atoms with Crippen molar-refractivity contribution in [3.8, 4) is 0 Å². The molecule has 2 aromatic rings. The quantitative estimate of drug-likeness (QED) is 0.907. The zero-order chi connectivity index (χ0) is 18.6. The molecule has 27 heavy (non-hydrogen) atoms. The lowest BCUT2D eigenvalue weighted by Gasteiger charge is -2.38. The Balaban J connectivity index is 1.43. The first-order valence-corrected chi connectivity index (χ1v) is 10.1. The van der Waals surface area contributed by atoms with E-state index in [0.29, 0.717) is 6.04 Å². The highest BCUT2D eigenvalue weighted by Crippen LogP contribution is 2.19. The second kappa shape index (κ2) is 8.24. The molecule has 0 spiro atoms. The molecule has 2 aliphatic rings. The molecule has 2 heterocycles. The van der Waals surface area contributed by atoms with Gasteiger partial charge >= 0.3 is 0 Å². The van der Waals surface area contributed by atoms with Crippen molar-refractivity contribution in [3.05, 3.63) is 70.8 Å². The zero-order valence-electron chi connectivity index (χ0n) is 16.2. The molecule has 0 aromatic heterocycles.